The zero-order valence-corrected chi connectivity index (χ0v) is 14.2. The molecule has 1 aromatic carbocycles. The third-order valence-electron chi connectivity index (χ3n) is 4.95. The van der Waals surface area contributed by atoms with Gasteiger partial charge in [0.2, 0.25) is 5.82 Å². The zero-order chi connectivity index (χ0) is 16.8. The van der Waals surface area contributed by atoms with Gasteiger partial charge in [-0.05, 0) is 56.1 Å². The first-order valence-corrected chi connectivity index (χ1v) is 8.87. The highest BCUT2D eigenvalue weighted by molar-refractivity contribution is 5.33. The summed E-state index contributed by atoms with van der Waals surface area (Å²) in [5, 5.41) is 10.4. The lowest BCUT2D eigenvalue weighted by atomic mass is 9.75. The average Bonchev–Trinajstić information content (AvgIpc) is 2.54. The van der Waals surface area contributed by atoms with Crippen LogP contribution in [0.5, 0.6) is 5.75 Å². The van der Waals surface area contributed by atoms with Gasteiger partial charge >= 0.3 is 0 Å². The summed E-state index contributed by atoms with van der Waals surface area (Å²) in [6, 6.07) is 3.11. The van der Waals surface area contributed by atoms with Crippen molar-refractivity contribution >= 4 is 0 Å². The van der Waals surface area contributed by atoms with Gasteiger partial charge < -0.3 is 9.84 Å². The van der Waals surface area contributed by atoms with E-state index in [1.165, 1.54) is 18.9 Å². The van der Waals surface area contributed by atoms with E-state index < -0.39 is 17.7 Å². The van der Waals surface area contributed by atoms with Crippen LogP contribution in [0.1, 0.15) is 70.3 Å². The van der Waals surface area contributed by atoms with Crippen molar-refractivity contribution in [2.75, 3.05) is 6.61 Å². The number of hydrogen-bond donors (Lipinski definition) is 1. The first-order valence-electron chi connectivity index (χ1n) is 8.87. The molecule has 4 heteroatoms. The van der Waals surface area contributed by atoms with E-state index in [4.69, 9.17) is 4.74 Å². The number of aliphatic hydroxyl groups is 1. The quantitative estimate of drug-likeness (QED) is 0.699. The molecule has 3 unspecified atom stereocenters. The average molecular weight is 326 g/mol. The van der Waals surface area contributed by atoms with E-state index in [9.17, 15) is 13.9 Å². The lowest BCUT2D eigenvalue weighted by Crippen LogP contribution is -2.29. The molecule has 0 aromatic heterocycles. The van der Waals surface area contributed by atoms with Crippen molar-refractivity contribution in [3.63, 3.8) is 0 Å². The predicted molar refractivity (Wildman–Crippen MR) is 87.8 cm³/mol. The summed E-state index contributed by atoms with van der Waals surface area (Å²) in [5.41, 5.74) is 0.372. The Labute approximate surface area is 137 Å². The summed E-state index contributed by atoms with van der Waals surface area (Å²) in [6.45, 7) is 4.20. The van der Waals surface area contributed by atoms with Crippen molar-refractivity contribution in [3.05, 3.63) is 29.3 Å². The van der Waals surface area contributed by atoms with E-state index >= 15 is 0 Å². The van der Waals surface area contributed by atoms with Crippen LogP contribution in [0.4, 0.5) is 8.78 Å². The van der Waals surface area contributed by atoms with E-state index in [1.54, 1.807) is 13.0 Å². The topological polar surface area (TPSA) is 29.5 Å². The molecule has 3 atom stereocenters. The highest BCUT2D eigenvalue weighted by atomic mass is 19.2. The first kappa shape index (κ1) is 18.2. The molecule has 2 rings (SSSR count). The molecule has 1 aromatic rings. The van der Waals surface area contributed by atoms with Crippen molar-refractivity contribution in [1.82, 2.24) is 0 Å². The lowest BCUT2D eigenvalue weighted by Gasteiger charge is -2.33. The van der Waals surface area contributed by atoms with Crippen molar-refractivity contribution < 1.29 is 18.6 Å². The number of rotatable bonds is 7. The van der Waals surface area contributed by atoms with E-state index in [0.29, 0.717) is 24.5 Å². The first-order chi connectivity index (χ1) is 11.1. The minimum atomic E-state index is -0.913. The van der Waals surface area contributed by atoms with Crippen LogP contribution in [0, 0.1) is 17.6 Å². The van der Waals surface area contributed by atoms with Gasteiger partial charge in [0, 0.05) is 0 Å². The fourth-order valence-corrected chi connectivity index (χ4v) is 3.61. The van der Waals surface area contributed by atoms with Crippen LogP contribution in [-0.2, 0) is 0 Å². The molecule has 1 fully saturated rings. The van der Waals surface area contributed by atoms with Crippen LogP contribution in [0.15, 0.2) is 12.1 Å². The third kappa shape index (κ3) is 4.43. The number of aliphatic hydroxyl groups excluding tert-OH is 1. The maximum Gasteiger partial charge on any atom is 0.200 e. The number of benzene rings is 1. The van der Waals surface area contributed by atoms with Crippen LogP contribution in [0.3, 0.4) is 0 Å². The SMILES string of the molecule is CCCCCC1CCC(c2ccc(OCC)c(F)c2F)CC1O. The molecule has 0 radical (unpaired) electrons. The minimum Gasteiger partial charge on any atom is -0.491 e. The maximum atomic E-state index is 14.3. The molecule has 0 spiro atoms. The molecular weight excluding hydrogens is 298 g/mol. The Balaban J connectivity index is 2.03. The lowest BCUT2D eigenvalue weighted by molar-refractivity contribution is 0.0541. The van der Waals surface area contributed by atoms with Crippen molar-refractivity contribution in [1.29, 1.82) is 0 Å². The molecule has 1 N–H and O–H groups in total. The molecule has 2 nitrogen and oxygen atoms in total. The smallest absolute Gasteiger partial charge is 0.200 e. The minimum absolute atomic E-state index is 0.0393. The fourth-order valence-electron chi connectivity index (χ4n) is 3.61. The van der Waals surface area contributed by atoms with Gasteiger partial charge in [-0.15, -0.1) is 0 Å². The van der Waals surface area contributed by atoms with E-state index in [2.05, 4.69) is 6.92 Å². The molecule has 0 bridgehead atoms. The highest BCUT2D eigenvalue weighted by Gasteiger charge is 2.31. The molecule has 0 aliphatic heterocycles. The molecule has 1 saturated carbocycles. The maximum absolute atomic E-state index is 14.3. The molecule has 23 heavy (non-hydrogen) atoms. The van der Waals surface area contributed by atoms with Crippen LogP contribution in [0.2, 0.25) is 0 Å². The molecule has 0 heterocycles. The van der Waals surface area contributed by atoms with Gasteiger partial charge in [0.25, 0.3) is 0 Å². The third-order valence-corrected chi connectivity index (χ3v) is 4.95. The number of hydrogen-bond acceptors (Lipinski definition) is 2. The normalized spacial score (nSPS) is 24.7. The molecule has 1 aliphatic carbocycles. The molecule has 0 amide bonds. The second-order valence-corrected chi connectivity index (χ2v) is 6.55. The van der Waals surface area contributed by atoms with Gasteiger partial charge in [-0.25, -0.2) is 4.39 Å². The summed E-state index contributed by atoms with van der Waals surface area (Å²) in [6.07, 6.45) is 6.30. The monoisotopic (exact) mass is 326 g/mol. The van der Waals surface area contributed by atoms with Crippen molar-refractivity contribution in [2.24, 2.45) is 5.92 Å². The fraction of sp³-hybridized carbons (Fsp3) is 0.684. The molecule has 1 aliphatic rings. The Bertz CT molecular complexity index is 504. The Kier molecular flexibility index (Phi) is 6.82. The van der Waals surface area contributed by atoms with E-state index in [-0.39, 0.29) is 11.7 Å². The van der Waals surface area contributed by atoms with E-state index in [1.807, 2.05) is 0 Å². The molecule has 130 valence electrons. The Morgan fingerprint density at radius 3 is 2.57 bits per heavy atom. The second-order valence-electron chi connectivity index (χ2n) is 6.55. The molecular formula is C19H28F2O2. The second kappa shape index (κ2) is 8.62. The van der Waals surface area contributed by atoms with Gasteiger partial charge in [0.15, 0.2) is 11.6 Å². The predicted octanol–water partition coefficient (Wildman–Crippen LogP) is 5.19. The van der Waals surface area contributed by atoms with Gasteiger partial charge in [-0.1, -0.05) is 32.3 Å². The van der Waals surface area contributed by atoms with Crippen molar-refractivity contribution in [3.8, 4) is 5.75 Å². The summed E-state index contributed by atoms with van der Waals surface area (Å²) in [7, 11) is 0. The highest BCUT2D eigenvalue weighted by Crippen LogP contribution is 2.40. The number of ether oxygens (including phenoxy) is 1. The Morgan fingerprint density at radius 1 is 1.13 bits per heavy atom. The van der Waals surface area contributed by atoms with Crippen molar-refractivity contribution in [2.45, 2.75) is 70.8 Å². The summed E-state index contributed by atoms with van der Waals surface area (Å²) in [4.78, 5) is 0. The number of halogens is 2. The Morgan fingerprint density at radius 2 is 1.91 bits per heavy atom. The van der Waals surface area contributed by atoms with Crippen LogP contribution in [-0.4, -0.2) is 17.8 Å². The largest absolute Gasteiger partial charge is 0.491 e. The van der Waals surface area contributed by atoms with E-state index in [0.717, 1.165) is 25.7 Å². The molecule has 0 saturated heterocycles. The number of unbranched alkanes of at least 4 members (excludes halogenated alkanes) is 2. The standard InChI is InChI=1S/C19H28F2O2/c1-3-5-6-7-13-8-9-14(12-16(13)22)15-10-11-17(23-4-2)19(21)18(15)20/h10-11,13-14,16,22H,3-9,12H2,1-2H3. The zero-order valence-electron chi connectivity index (χ0n) is 14.2. The summed E-state index contributed by atoms with van der Waals surface area (Å²) in [5.74, 6) is -1.59. The van der Waals surface area contributed by atoms with Gasteiger partial charge in [-0.3, -0.25) is 0 Å². The van der Waals surface area contributed by atoms with Crippen LogP contribution >= 0.6 is 0 Å². The Hall–Kier alpha value is -1.16. The summed E-state index contributed by atoms with van der Waals surface area (Å²) >= 11 is 0. The van der Waals surface area contributed by atoms with Gasteiger partial charge in [0.05, 0.1) is 12.7 Å². The van der Waals surface area contributed by atoms with Gasteiger partial charge in [-0.2, -0.15) is 4.39 Å². The van der Waals surface area contributed by atoms with Gasteiger partial charge in [0.1, 0.15) is 0 Å². The van der Waals surface area contributed by atoms with Crippen LogP contribution in [0.25, 0.3) is 0 Å². The summed E-state index contributed by atoms with van der Waals surface area (Å²) < 4.78 is 33.4. The van der Waals surface area contributed by atoms with Crippen LogP contribution < -0.4 is 4.74 Å².